The first kappa shape index (κ1) is 22.6. The van der Waals surface area contributed by atoms with Gasteiger partial charge in [0.2, 0.25) is 0 Å². The molecule has 4 nitrogen and oxygen atoms in total. The van der Waals surface area contributed by atoms with Crippen molar-refractivity contribution in [3.8, 4) is 22.6 Å². The second-order valence-electron chi connectivity index (χ2n) is 12.5. The molecule has 0 aliphatic carbocycles. The molecule has 45 heavy (non-hydrogen) atoms. The molecule has 0 fully saturated rings. The summed E-state index contributed by atoms with van der Waals surface area (Å²) in [5.41, 5.74) is 12.6. The average molecular weight is 572 g/mol. The molecule has 12 rings (SSSR count). The van der Waals surface area contributed by atoms with Crippen molar-refractivity contribution in [2.75, 3.05) is 4.90 Å². The van der Waals surface area contributed by atoms with Crippen LogP contribution >= 0.6 is 0 Å². The van der Waals surface area contributed by atoms with Crippen molar-refractivity contribution in [2.45, 2.75) is 0 Å². The number of benzene rings is 7. The number of furan rings is 1. The third-order valence-corrected chi connectivity index (χ3v) is 10.3. The van der Waals surface area contributed by atoms with E-state index in [1.807, 2.05) is 6.07 Å². The standard InChI is InChI=1S/C40H21BN2O2/c1-2-10-23-20-32-27(19-22(23)9-1)25-12-7-13-26-28-21-29-24-11-3-5-16-33(24)45-40(29)39-36(28)41(43(32)37(25)26)30-14-8-18-35-38(30)42(39)31-15-4-6-17-34(31)44-35/h1-21H. The zero-order valence-electron chi connectivity index (χ0n) is 23.9. The van der Waals surface area contributed by atoms with Gasteiger partial charge in [-0.15, -0.1) is 0 Å². The lowest BCUT2D eigenvalue weighted by Crippen LogP contribution is -2.57. The molecule has 0 bridgehead atoms. The first-order chi connectivity index (χ1) is 22.3. The molecule has 0 atom stereocenters. The van der Waals surface area contributed by atoms with Gasteiger partial charge >= 0.3 is 6.85 Å². The number of ether oxygens (including phenoxy) is 1. The molecule has 0 radical (unpaired) electrons. The summed E-state index contributed by atoms with van der Waals surface area (Å²) in [5, 5.41) is 7.33. The van der Waals surface area contributed by atoms with Gasteiger partial charge in [0.05, 0.1) is 17.1 Å². The Morgan fingerprint density at radius 1 is 0.556 bits per heavy atom. The number of nitrogens with zero attached hydrogens (tertiary/aromatic N) is 2. The Morgan fingerprint density at radius 3 is 2.29 bits per heavy atom. The molecular formula is C40H21BN2O2. The minimum absolute atomic E-state index is 0.0660. The number of aromatic nitrogens is 1. The second-order valence-corrected chi connectivity index (χ2v) is 12.5. The Bertz CT molecular complexity index is 2830. The van der Waals surface area contributed by atoms with Crippen LogP contribution in [0.1, 0.15) is 0 Å². The maximum absolute atomic E-state index is 6.84. The van der Waals surface area contributed by atoms with Gasteiger partial charge < -0.3 is 18.5 Å². The fourth-order valence-corrected chi connectivity index (χ4v) is 8.55. The Kier molecular flexibility index (Phi) is 3.80. The quantitative estimate of drug-likeness (QED) is 0.170. The van der Waals surface area contributed by atoms with Crippen molar-refractivity contribution in [3.05, 3.63) is 127 Å². The van der Waals surface area contributed by atoms with Crippen LogP contribution in [0.2, 0.25) is 0 Å². The molecule has 206 valence electrons. The summed E-state index contributed by atoms with van der Waals surface area (Å²) in [6, 6.07) is 46.0. The Hall–Kier alpha value is -5.94. The minimum Gasteiger partial charge on any atom is -0.454 e. The molecule has 0 saturated heterocycles. The fourth-order valence-electron chi connectivity index (χ4n) is 8.55. The Labute approximate surface area is 257 Å². The summed E-state index contributed by atoms with van der Waals surface area (Å²) in [6.07, 6.45) is 0. The van der Waals surface area contributed by atoms with Crippen LogP contribution in [0, 0.1) is 0 Å². The molecular weight excluding hydrogens is 551 g/mol. The van der Waals surface area contributed by atoms with Crippen LogP contribution in [0.5, 0.6) is 11.5 Å². The van der Waals surface area contributed by atoms with Crippen molar-refractivity contribution in [1.29, 1.82) is 0 Å². The Morgan fingerprint density at radius 2 is 1.33 bits per heavy atom. The number of fused-ring (bicyclic) bond motifs is 14. The predicted molar refractivity (Wildman–Crippen MR) is 185 cm³/mol. The summed E-state index contributed by atoms with van der Waals surface area (Å²) >= 11 is 0. The van der Waals surface area contributed by atoms with Crippen molar-refractivity contribution in [3.63, 3.8) is 0 Å². The van der Waals surface area contributed by atoms with Crippen LogP contribution < -0.4 is 20.6 Å². The first-order valence-electron chi connectivity index (χ1n) is 15.5. The number of anilines is 3. The molecule has 0 spiro atoms. The van der Waals surface area contributed by atoms with Crippen LogP contribution in [0.15, 0.2) is 132 Å². The van der Waals surface area contributed by atoms with Crippen molar-refractivity contribution >= 4 is 89.4 Å². The Balaban J connectivity index is 1.35. The summed E-state index contributed by atoms with van der Waals surface area (Å²) in [4.78, 5) is 2.41. The molecule has 3 aliphatic rings. The third-order valence-electron chi connectivity index (χ3n) is 10.3. The van der Waals surface area contributed by atoms with Gasteiger partial charge in [-0.05, 0) is 69.7 Å². The first-order valence-corrected chi connectivity index (χ1v) is 15.5. The number of para-hydroxylation sites is 5. The molecule has 0 unspecified atom stereocenters. The SMILES string of the molecule is c1ccc2c(c1)Oc1cccc3c1N2c1c2c(cc4c1oc1ccccc14)-c1cccc4c5cc6ccccc6cc5n(c14)B32. The van der Waals surface area contributed by atoms with E-state index in [2.05, 4.69) is 131 Å². The molecule has 5 heteroatoms. The van der Waals surface area contributed by atoms with E-state index in [4.69, 9.17) is 9.15 Å². The largest absolute Gasteiger partial charge is 0.454 e. The third kappa shape index (κ3) is 2.56. The lowest BCUT2D eigenvalue weighted by Gasteiger charge is -2.43. The summed E-state index contributed by atoms with van der Waals surface area (Å²) in [5.74, 6) is 1.71. The van der Waals surface area contributed by atoms with E-state index in [0.717, 1.165) is 50.5 Å². The van der Waals surface area contributed by atoms with E-state index in [9.17, 15) is 0 Å². The summed E-state index contributed by atoms with van der Waals surface area (Å²) in [7, 11) is 0. The highest BCUT2D eigenvalue weighted by Gasteiger charge is 2.47. The van der Waals surface area contributed by atoms with Gasteiger partial charge in [0.25, 0.3) is 0 Å². The van der Waals surface area contributed by atoms with Crippen LogP contribution in [0.3, 0.4) is 0 Å². The van der Waals surface area contributed by atoms with Gasteiger partial charge in [0, 0.05) is 38.1 Å². The highest BCUT2D eigenvalue weighted by molar-refractivity contribution is 6.90. The maximum atomic E-state index is 6.84. The fraction of sp³-hybridized carbons (Fsp3) is 0. The lowest BCUT2D eigenvalue weighted by atomic mass is 9.45. The molecule has 3 aliphatic heterocycles. The van der Waals surface area contributed by atoms with Crippen molar-refractivity contribution < 1.29 is 9.15 Å². The normalized spacial score (nSPS) is 13.9. The van der Waals surface area contributed by atoms with Gasteiger partial charge in [-0.1, -0.05) is 84.9 Å². The monoisotopic (exact) mass is 572 g/mol. The van der Waals surface area contributed by atoms with Crippen LogP contribution in [0.25, 0.3) is 65.6 Å². The molecule has 5 heterocycles. The van der Waals surface area contributed by atoms with Crippen molar-refractivity contribution in [1.82, 2.24) is 4.48 Å². The zero-order chi connectivity index (χ0) is 29.0. The lowest BCUT2D eigenvalue weighted by molar-refractivity contribution is 0.477. The summed E-state index contributed by atoms with van der Waals surface area (Å²) in [6.45, 7) is -0.0660. The van der Waals surface area contributed by atoms with Gasteiger partial charge in [0.15, 0.2) is 17.1 Å². The maximum Gasteiger partial charge on any atom is 0.333 e. The van der Waals surface area contributed by atoms with Gasteiger partial charge in [-0.3, -0.25) is 0 Å². The number of hydrogen-bond acceptors (Lipinski definition) is 3. The van der Waals surface area contributed by atoms with Gasteiger partial charge in [-0.25, -0.2) is 0 Å². The highest BCUT2D eigenvalue weighted by atomic mass is 16.5. The molecule has 2 aromatic heterocycles. The zero-order valence-corrected chi connectivity index (χ0v) is 23.9. The van der Waals surface area contributed by atoms with E-state index < -0.39 is 0 Å². The minimum atomic E-state index is -0.0660. The summed E-state index contributed by atoms with van der Waals surface area (Å²) < 4.78 is 16.1. The second kappa shape index (κ2) is 7.58. The molecule has 9 aromatic rings. The average Bonchev–Trinajstić information content (AvgIpc) is 3.62. The van der Waals surface area contributed by atoms with E-state index in [1.54, 1.807) is 0 Å². The van der Waals surface area contributed by atoms with Crippen LogP contribution in [0.4, 0.5) is 17.1 Å². The van der Waals surface area contributed by atoms with E-state index >= 15 is 0 Å². The van der Waals surface area contributed by atoms with Crippen molar-refractivity contribution in [2.24, 2.45) is 0 Å². The van der Waals surface area contributed by atoms with Gasteiger partial charge in [-0.2, -0.15) is 0 Å². The van der Waals surface area contributed by atoms with Crippen LogP contribution in [-0.2, 0) is 0 Å². The number of hydrogen-bond donors (Lipinski definition) is 0. The predicted octanol–water partition coefficient (Wildman–Crippen LogP) is 9.37. The molecule has 0 saturated carbocycles. The van der Waals surface area contributed by atoms with Gasteiger partial charge in [0.1, 0.15) is 5.58 Å². The van der Waals surface area contributed by atoms with E-state index in [1.165, 1.54) is 54.6 Å². The molecule has 7 aromatic carbocycles. The smallest absolute Gasteiger partial charge is 0.333 e. The topological polar surface area (TPSA) is 30.5 Å². The van der Waals surface area contributed by atoms with E-state index in [0.29, 0.717) is 0 Å². The van der Waals surface area contributed by atoms with E-state index in [-0.39, 0.29) is 6.85 Å². The molecule has 0 amide bonds. The number of rotatable bonds is 0. The molecule has 0 N–H and O–H groups in total. The van der Waals surface area contributed by atoms with Crippen LogP contribution in [-0.4, -0.2) is 11.3 Å². The highest BCUT2D eigenvalue weighted by Crippen LogP contribution is 2.55.